The van der Waals surface area contributed by atoms with Crippen molar-refractivity contribution in [1.82, 2.24) is 4.98 Å². The fourth-order valence-corrected chi connectivity index (χ4v) is 3.92. The average molecular weight is 446 g/mol. The van der Waals surface area contributed by atoms with Gasteiger partial charge in [-0.2, -0.15) is 0 Å². The number of aromatic nitrogens is 1. The number of halogens is 1. The summed E-state index contributed by atoms with van der Waals surface area (Å²) in [6.45, 7) is 8.98. The average Bonchev–Trinajstić information content (AvgIpc) is 2.82. The van der Waals surface area contributed by atoms with E-state index in [1.807, 2.05) is 36.5 Å². The maximum Gasteiger partial charge on any atom is 0.131 e. The van der Waals surface area contributed by atoms with Gasteiger partial charge >= 0.3 is 0 Å². The summed E-state index contributed by atoms with van der Waals surface area (Å²) in [6.07, 6.45) is 15.4. The molecule has 0 fully saturated rings. The highest BCUT2D eigenvalue weighted by Gasteiger charge is 2.06. The summed E-state index contributed by atoms with van der Waals surface area (Å²) in [6, 6.07) is 13.7. The number of unbranched alkanes of at least 4 members (excludes halogenated alkanes) is 3. The third-order valence-corrected chi connectivity index (χ3v) is 5.89. The van der Waals surface area contributed by atoms with Crippen LogP contribution in [0, 0.1) is 5.82 Å². The number of ether oxygens (including phenoxy) is 1. The van der Waals surface area contributed by atoms with Gasteiger partial charge in [-0.1, -0.05) is 62.3 Å². The summed E-state index contributed by atoms with van der Waals surface area (Å²) in [7, 11) is 0. The van der Waals surface area contributed by atoms with Crippen LogP contribution in [0.5, 0.6) is 0 Å². The Labute approximate surface area is 198 Å². The van der Waals surface area contributed by atoms with Crippen LogP contribution in [0.2, 0.25) is 0 Å². The van der Waals surface area contributed by atoms with Crippen LogP contribution < -0.4 is 0 Å². The van der Waals surface area contributed by atoms with Crippen LogP contribution in [0.1, 0.15) is 63.5 Å². The molecule has 0 spiro atoms. The van der Waals surface area contributed by atoms with Crippen LogP contribution >= 0.6 is 0 Å². The molecule has 0 aliphatic rings. The van der Waals surface area contributed by atoms with Gasteiger partial charge in [0.05, 0.1) is 11.8 Å². The summed E-state index contributed by atoms with van der Waals surface area (Å²) < 4.78 is 20.6. The highest BCUT2D eigenvalue weighted by Crippen LogP contribution is 2.25. The van der Waals surface area contributed by atoms with Crippen molar-refractivity contribution in [2.75, 3.05) is 6.61 Å². The van der Waals surface area contributed by atoms with Crippen molar-refractivity contribution < 1.29 is 9.13 Å². The SMILES string of the molecule is C=CCc1ccc2cc(-c3ccc(C=CCCCC(C)OCCCCC)c(F)c3)ncc2c1. The first-order valence-electron chi connectivity index (χ1n) is 12.2. The fraction of sp³-hybridized carbons (Fsp3) is 0.367. The van der Waals surface area contributed by atoms with E-state index in [0.29, 0.717) is 5.56 Å². The largest absolute Gasteiger partial charge is 0.379 e. The minimum absolute atomic E-state index is 0.223. The molecule has 0 aliphatic heterocycles. The lowest BCUT2D eigenvalue weighted by Crippen LogP contribution is -2.08. The number of benzene rings is 2. The van der Waals surface area contributed by atoms with E-state index in [1.165, 1.54) is 18.4 Å². The summed E-state index contributed by atoms with van der Waals surface area (Å²) in [5, 5.41) is 2.18. The first-order valence-corrected chi connectivity index (χ1v) is 12.2. The summed E-state index contributed by atoms with van der Waals surface area (Å²) in [4.78, 5) is 4.56. The molecule has 3 rings (SSSR count). The molecule has 0 radical (unpaired) electrons. The van der Waals surface area contributed by atoms with Gasteiger partial charge in [0.15, 0.2) is 0 Å². The molecule has 3 heteroatoms. The zero-order chi connectivity index (χ0) is 23.5. The predicted molar refractivity (Wildman–Crippen MR) is 139 cm³/mol. The van der Waals surface area contributed by atoms with E-state index in [9.17, 15) is 4.39 Å². The van der Waals surface area contributed by atoms with Crippen molar-refractivity contribution in [3.63, 3.8) is 0 Å². The van der Waals surface area contributed by atoms with Crippen LogP contribution in [-0.4, -0.2) is 17.7 Å². The molecular weight excluding hydrogens is 409 g/mol. The number of hydrogen-bond acceptors (Lipinski definition) is 2. The molecule has 2 nitrogen and oxygen atoms in total. The number of nitrogens with zero attached hydrogens (tertiary/aromatic N) is 1. The van der Waals surface area contributed by atoms with Gasteiger partial charge in [0, 0.05) is 29.3 Å². The van der Waals surface area contributed by atoms with Gasteiger partial charge in [-0.3, -0.25) is 4.98 Å². The molecule has 0 saturated heterocycles. The Morgan fingerprint density at radius 3 is 2.73 bits per heavy atom. The quantitative estimate of drug-likeness (QED) is 0.194. The van der Waals surface area contributed by atoms with Crippen LogP contribution in [0.4, 0.5) is 4.39 Å². The van der Waals surface area contributed by atoms with Crippen LogP contribution in [0.15, 0.2) is 67.4 Å². The smallest absolute Gasteiger partial charge is 0.131 e. The molecule has 1 unspecified atom stereocenters. The number of pyridine rings is 1. The first kappa shape index (κ1) is 24.9. The Balaban J connectivity index is 1.55. The molecule has 2 aromatic carbocycles. The third-order valence-electron chi connectivity index (χ3n) is 5.89. The van der Waals surface area contributed by atoms with Gasteiger partial charge in [0.25, 0.3) is 0 Å². The standard InChI is InChI=1S/C30H36FNO/c1-4-6-10-18-33-23(3)12-8-7-9-13-25-16-17-27(20-29(25)31)30-21-26-15-14-24(11-5-2)19-28(26)22-32-30/h5,9,13-17,19-23H,2,4,6-8,10-12,18H2,1,3H3. The molecule has 0 bridgehead atoms. The maximum absolute atomic E-state index is 14.7. The minimum atomic E-state index is -0.223. The van der Waals surface area contributed by atoms with E-state index < -0.39 is 0 Å². The monoisotopic (exact) mass is 445 g/mol. The summed E-state index contributed by atoms with van der Waals surface area (Å²) in [5.74, 6) is -0.223. The first-order chi connectivity index (χ1) is 16.1. The molecule has 0 amide bonds. The Morgan fingerprint density at radius 1 is 1.06 bits per heavy atom. The van der Waals surface area contributed by atoms with Crippen molar-refractivity contribution >= 4 is 16.8 Å². The lowest BCUT2D eigenvalue weighted by molar-refractivity contribution is 0.0566. The van der Waals surface area contributed by atoms with Crippen LogP contribution in [-0.2, 0) is 11.2 Å². The molecule has 1 atom stereocenters. The highest BCUT2D eigenvalue weighted by molar-refractivity contribution is 5.86. The third kappa shape index (κ3) is 7.64. The van der Waals surface area contributed by atoms with E-state index in [4.69, 9.17) is 4.74 Å². The van der Waals surface area contributed by atoms with Gasteiger partial charge in [-0.15, -0.1) is 6.58 Å². The lowest BCUT2D eigenvalue weighted by Gasteiger charge is -2.12. The second-order valence-electron chi connectivity index (χ2n) is 8.70. The summed E-state index contributed by atoms with van der Waals surface area (Å²) in [5.41, 5.74) is 3.39. The topological polar surface area (TPSA) is 22.1 Å². The molecule has 1 heterocycles. The molecular formula is C30H36FNO. The second kappa shape index (κ2) is 13.1. The van der Waals surface area contributed by atoms with Crippen molar-refractivity contribution in [2.45, 2.75) is 64.9 Å². The second-order valence-corrected chi connectivity index (χ2v) is 8.70. The van der Waals surface area contributed by atoms with Gasteiger partial charge in [0.2, 0.25) is 0 Å². The van der Waals surface area contributed by atoms with E-state index in [1.54, 1.807) is 6.07 Å². The van der Waals surface area contributed by atoms with E-state index in [-0.39, 0.29) is 11.9 Å². The number of hydrogen-bond donors (Lipinski definition) is 0. The molecule has 1 aromatic heterocycles. The molecule has 0 saturated carbocycles. The van der Waals surface area contributed by atoms with Gasteiger partial charge < -0.3 is 4.74 Å². The van der Waals surface area contributed by atoms with E-state index >= 15 is 0 Å². The fourth-order valence-electron chi connectivity index (χ4n) is 3.92. The number of allylic oxidation sites excluding steroid dienone is 2. The Bertz CT molecular complexity index is 1070. The molecule has 3 aromatic rings. The van der Waals surface area contributed by atoms with Gasteiger partial charge in [-0.05, 0) is 68.2 Å². The Hall–Kier alpha value is -2.78. The van der Waals surface area contributed by atoms with Gasteiger partial charge in [0.1, 0.15) is 5.82 Å². The normalized spacial score (nSPS) is 12.5. The number of rotatable bonds is 13. The molecule has 0 aliphatic carbocycles. The lowest BCUT2D eigenvalue weighted by atomic mass is 10.0. The van der Waals surface area contributed by atoms with Crippen molar-refractivity contribution in [3.8, 4) is 11.3 Å². The Kier molecular flexibility index (Phi) is 9.83. The van der Waals surface area contributed by atoms with Crippen molar-refractivity contribution in [3.05, 3.63) is 84.3 Å². The van der Waals surface area contributed by atoms with E-state index in [2.05, 4.69) is 49.7 Å². The van der Waals surface area contributed by atoms with Gasteiger partial charge in [-0.25, -0.2) is 4.39 Å². The number of fused-ring (bicyclic) bond motifs is 1. The minimum Gasteiger partial charge on any atom is -0.379 e. The van der Waals surface area contributed by atoms with Crippen molar-refractivity contribution in [2.24, 2.45) is 0 Å². The van der Waals surface area contributed by atoms with Crippen LogP contribution in [0.3, 0.4) is 0 Å². The summed E-state index contributed by atoms with van der Waals surface area (Å²) >= 11 is 0. The zero-order valence-corrected chi connectivity index (χ0v) is 20.0. The highest BCUT2D eigenvalue weighted by atomic mass is 19.1. The maximum atomic E-state index is 14.7. The Morgan fingerprint density at radius 2 is 1.94 bits per heavy atom. The van der Waals surface area contributed by atoms with Crippen LogP contribution in [0.25, 0.3) is 28.1 Å². The van der Waals surface area contributed by atoms with E-state index in [0.717, 1.165) is 60.7 Å². The zero-order valence-electron chi connectivity index (χ0n) is 20.0. The molecule has 33 heavy (non-hydrogen) atoms. The predicted octanol–water partition coefficient (Wildman–Crippen LogP) is 8.55. The van der Waals surface area contributed by atoms with Crippen molar-refractivity contribution in [1.29, 1.82) is 0 Å². The molecule has 174 valence electrons. The molecule has 0 N–H and O–H groups in total.